The van der Waals surface area contributed by atoms with Crippen LogP contribution in [0.15, 0.2) is 29.3 Å². The molecule has 0 amide bonds. The van der Waals surface area contributed by atoms with E-state index in [0.717, 1.165) is 13.0 Å². The molecule has 6 nitrogen and oxygen atoms in total. The van der Waals surface area contributed by atoms with E-state index in [0.29, 0.717) is 40.9 Å². The molecule has 2 aliphatic carbocycles. The van der Waals surface area contributed by atoms with Gasteiger partial charge in [0.15, 0.2) is 5.96 Å². The van der Waals surface area contributed by atoms with Gasteiger partial charge in [-0.05, 0) is 48.1 Å². The highest BCUT2D eigenvalue weighted by Gasteiger charge is 2.55. The molecule has 2 N–H and O–H groups in total. The number of piperidine rings is 1. The van der Waals surface area contributed by atoms with Crippen LogP contribution in [-0.4, -0.2) is 56.9 Å². The van der Waals surface area contributed by atoms with Crippen molar-refractivity contribution in [1.29, 1.82) is 0 Å². The van der Waals surface area contributed by atoms with Crippen molar-refractivity contribution in [3.8, 4) is 0 Å². The van der Waals surface area contributed by atoms with Crippen molar-refractivity contribution in [2.75, 3.05) is 26.7 Å². The van der Waals surface area contributed by atoms with E-state index in [1.807, 2.05) is 0 Å². The van der Waals surface area contributed by atoms with Crippen LogP contribution in [0.1, 0.15) is 29.9 Å². The minimum atomic E-state index is -5.24. The molecule has 30 heavy (non-hydrogen) atoms. The second kappa shape index (κ2) is 8.81. The fourth-order valence-electron chi connectivity index (χ4n) is 4.75. The van der Waals surface area contributed by atoms with Gasteiger partial charge >= 0.3 is 15.5 Å². The van der Waals surface area contributed by atoms with Gasteiger partial charge in [-0.25, -0.2) is 8.42 Å². The Hall–Kier alpha value is -1.08. The molecule has 11 heteroatoms. The monoisotopic (exact) mass is 558 g/mol. The van der Waals surface area contributed by atoms with Crippen molar-refractivity contribution in [3.05, 3.63) is 35.4 Å². The smallest absolute Gasteiger partial charge is 0.356 e. The lowest BCUT2D eigenvalue weighted by Gasteiger charge is -2.32. The highest BCUT2D eigenvalue weighted by atomic mass is 127. The van der Waals surface area contributed by atoms with E-state index in [2.05, 4.69) is 39.9 Å². The number of nitrogens with zero attached hydrogens (tertiary/aromatic N) is 2. The Morgan fingerprint density at radius 1 is 1.23 bits per heavy atom. The predicted molar refractivity (Wildman–Crippen MR) is 119 cm³/mol. The van der Waals surface area contributed by atoms with Crippen LogP contribution in [0.5, 0.6) is 0 Å². The average Bonchev–Trinajstić information content (AvgIpc) is 3.22. The maximum atomic E-state index is 12.7. The van der Waals surface area contributed by atoms with Gasteiger partial charge in [0.05, 0.1) is 0 Å². The number of nitrogens with one attached hydrogen (secondary N) is 2. The molecular formula is C19H26F3IN4O2S. The zero-order chi connectivity index (χ0) is 20.8. The second-order valence-electron chi connectivity index (χ2n) is 7.98. The van der Waals surface area contributed by atoms with Gasteiger partial charge in [-0.1, -0.05) is 24.3 Å². The van der Waals surface area contributed by atoms with Crippen LogP contribution < -0.4 is 10.6 Å². The molecule has 1 saturated carbocycles. The Kier molecular flexibility index (Phi) is 6.93. The van der Waals surface area contributed by atoms with Gasteiger partial charge < -0.3 is 10.6 Å². The summed E-state index contributed by atoms with van der Waals surface area (Å²) in [4.78, 5) is 4.21. The lowest BCUT2D eigenvalue weighted by Crippen LogP contribution is -2.51. The molecule has 3 aliphatic rings. The van der Waals surface area contributed by atoms with Crippen LogP contribution >= 0.6 is 24.0 Å². The van der Waals surface area contributed by atoms with E-state index in [9.17, 15) is 21.6 Å². The summed E-state index contributed by atoms with van der Waals surface area (Å²) in [6, 6.07) is 8.44. The molecule has 1 aromatic rings. The zero-order valence-electron chi connectivity index (χ0n) is 16.5. The normalized spacial score (nSPS) is 27.1. The van der Waals surface area contributed by atoms with Crippen molar-refractivity contribution in [2.45, 2.75) is 36.7 Å². The summed E-state index contributed by atoms with van der Waals surface area (Å²) >= 11 is 0. The molecule has 3 unspecified atom stereocenters. The fourth-order valence-corrected chi connectivity index (χ4v) is 5.74. The summed E-state index contributed by atoms with van der Waals surface area (Å²) < 4.78 is 61.6. The summed E-state index contributed by atoms with van der Waals surface area (Å²) in [5.74, 6) is 2.46. The highest BCUT2D eigenvalue weighted by Crippen LogP contribution is 2.60. The molecule has 1 aliphatic heterocycles. The molecular weight excluding hydrogens is 532 g/mol. The molecule has 0 aromatic heterocycles. The molecule has 4 rings (SSSR count). The third kappa shape index (κ3) is 4.43. The molecule has 0 bridgehead atoms. The fraction of sp³-hybridized carbons (Fsp3) is 0.632. The van der Waals surface area contributed by atoms with Crippen molar-refractivity contribution >= 4 is 40.0 Å². The molecule has 168 valence electrons. The SMILES string of the molecule is CN=C(NCC1C2Cc3ccccc3C12)NC1CCN(S(=O)(=O)C(F)(F)F)CC1.I. The van der Waals surface area contributed by atoms with Gasteiger partial charge in [0.2, 0.25) is 0 Å². The van der Waals surface area contributed by atoms with Crippen molar-refractivity contribution < 1.29 is 21.6 Å². The van der Waals surface area contributed by atoms with E-state index in [1.54, 1.807) is 7.05 Å². The predicted octanol–water partition coefficient (Wildman–Crippen LogP) is 2.67. The highest BCUT2D eigenvalue weighted by molar-refractivity contribution is 14.0. The van der Waals surface area contributed by atoms with Crippen LogP contribution in [0.3, 0.4) is 0 Å². The van der Waals surface area contributed by atoms with Crippen LogP contribution in [0.4, 0.5) is 13.2 Å². The third-order valence-electron chi connectivity index (χ3n) is 6.36. The lowest BCUT2D eigenvalue weighted by molar-refractivity contribution is -0.0494. The number of halogens is 4. The number of hydrogen-bond acceptors (Lipinski definition) is 3. The Morgan fingerprint density at radius 2 is 1.90 bits per heavy atom. The molecule has 0 spiro atoms. The molecule has 1 aromatic carbocycles. The second-order valence-corrected chi connectivity index (χ2v) is 9.91. The standard InChI is InChI=1S/C19H25F3N4O2S.HI/c1-23-18(24-11-16-15-10-12-4-2-3-5-14(12)17(15)16)25-13-6-8-26(9-7-13)29(27,28)19(20,21)22;/h2-5,13,15-17H,6-11H2,1H3,(H2,23,24,25);1H. The van der Waals surface area contributed by atoms with E-state index < -0.39 is 15.5 Å². The first kappa shape index (κ1) is 23.6. The zero-order valence-corrected chi connectivity index (χ0v) is 19.7. The molecule has 0 radical (unpaired) electrons. The first-order valence-electron chi connectivity index (χ1n) is 9.84. The number of aliphatic imine (C=N–C) groups is 1. The number of hydrogen-bond donors (Lipinski definition) is 2. The van der Waals surface area contributed by atoms with Crippen molar-refractivity contribution in [3.63, 3.8) is 0 Å². The topological polar surface area (TPSA) is 73.8 Å². The first-order valence-corrected chi connectivity index (χ1v) is 11.3. The third-order valence-corrected chi connectivity index (χ3v) is 7.99. The van der Waals surface area contributed by atoms with Gasteiger partial charge in [-0.15, -0.1) is 24.0 Å². The summed E-state index contributed by atoms with van der Waals surface area (Å²) in [7, 11) is -3.59. The van der Waals surface area contributed by atoms with Gasteiger partial charge in [-0.2, -0.15) is 17.5 Å². The maximum absolute atomic E-state index is 12.7. The number of rotatable bonds is 4. The molecule has 3 atom stereocenters. The Labute approximate surface area is 191 Å². The number of guanidine groups is 1. The van der Waals surface area contributed by atoms with E-state index in [4.69, 9.17) is 0 Å². The van der Waals surface area contributed by atoms with Crippen molar-refractivity contribution in [1.82, 2.24) is 14.9 Å². The van der Waals surface area contributed by atoms with Crippen LogP contribution in [0.2, 0.25) is 0 Å². The van der Waals surface area contributed by atoms with Crippen molar-refractivity contribution in [2.24, 2.45) is 16.8 Å². The number of sulfonamides is 1. The molecule has 1 heterocycles. The Bertz CT molecular complexity index is 901. The summed E-state index contributed by atoms with van der Waals surface area (Å²) in [5, 5.41) is 6.55. The Morgan fingerprint density at radius 3 is 2.53 bits per heavy atom. The van der Waals surface area contributed by atoms with E-state index in [1.165, 1.54) is 11.1 Å². The number of fused-ring (bicyclic) bond motifs is 3. The minimum absolute atomic E-state index is 0. The summed E-state index contributed by atoms with van der Waals surface area (Å²) in [6.07, 6.45) is 1.72. The van der Waals surface area contributed by atoms with Gasteiger partial charge in [0, 0.05) is 32.7 Å². The lowest BCUT2D eigenvalue weighted by atomic mass is 10.0. The van der Waals surface area contributed by atoms with Crippen LogP contribution in [-0.2, 0) is 16.4 Å². The van der Waals surface area contributed by atoms with Crippen LogP contribution in [0.25, 0.3) is 0 Å². The largest absolute Gasteiger partial charge is 0.511 e. The number of alkyl halides is 3. The van der Waals surface area contributed by atoms with E-state index >= 15 is 0 Å². The summed E-state index contributed by atoms with van der Waals surface area (Å²) in [6.45, 7) is 0.491. The van der Waals surface area contributed by atoms with E-state index in [-0.39, 0.29) is 43.1 Å². The molecule has 1 saturated heterocycles. The van der Waals surface area contributed by atoms with Crippen LogP contribution in [0, 0.1) is 11.8 Å². The first-order chi connectivity index (χ1) is 13.7. The molecule has 2 fully saturated rings. The quantitative estimate of drug-likeness (QED) is 0.339. The minimum Gasteiger partial charge on any atom is -0.356 e. The average molecular weight is 558 g/mol. The van der Waals surface area contributed by atoms with Gasteiger partial charge in [0.1, 0.15) is 0 Å². The number of benzene rings is 1. The summed E-state index contributed by atoms with van der Waals surface area (Å²) in [5.41, 5.74) is -2.35. The van der Waals surface area contributed by atoms with Gasteiger partial charge in [0.25, 0.3) is 0 Å². The maximum Gasteiger partial charge on any atom is 0.511 e. The Balaban J connectivity index is 0.00000256. The van der Waals surface area contributed by atoms with Gasteiger partial charge in [-0.3, -0.25) is 4.99 Å².